The Morgan fingerprint density at radius 3 is 1.71 bits per heavy atom. The van der Waals surface area contributed by atoms with Gasteiger partial charge < -0.3 is 13.7 Å². The molecule has 0 unspecified atom stereocenters. The molecular weight excluding hydrogens is 387 g/mol. The third kappa shape index (κ3) is 3.92. The molecule has 158 valence electrons. The van der Waals surface area contributed by atoms with E-state index in [-0.39, 0.29) is 11.2 Å². The van der Waals surface area contributed by atoms with Crippen LogP contribution in [0.5, 0.6) is 5.75 Å². The molecule has 1 fully saturated rings. The second-order valence-electron chi connectivity index (χ2n) is 10.1. The Bertz CT molecular complexity index is 678. The first-order valence-corrected chi connectivity index (χ1v) is 13.0. The van der Waals surface area contributed by atoms with Crippen LogP contribution in [0.25, 0.3) is 0 Å². The van der Waals surface area contributed by atoms with E-state index in [4.69, 9.17) is 25.3 Å². The van der Waals surface area contributed by atoms with Gasteiger partial charge in [0.2, 0.25) is 0 Å². The summed E-state index contributed by atoms with van der Waals surface area (Å²) in [6.07, 6.45) is 0. The summed E-state index contributed by atoms with van der Waals surface area (Å²) in [4.78, 5) is 0. The van der Waals surface area contributed by atoms with Gasteiger partial charge in [-0.05, 0) is 68.3 Å². The smallest absolute Gasteiger partial charge is 0.495 e. The third-order valence-electron chi connectivity index (χ3n) is 6.89. The van der Waals surface area contributed by atoms with Gasteiger partial charge in [-0.3, -0.25) is 0 Å². The van der Waals surface area contributed by atoms with Crippen molar-refractivity contribution in [2.24, 2.45) is 0 Å². The van der Waals surface area contributed by atoms with Crippen molar-refractivity contribution in [2.75, 3.05) is 0 Å². The fourth-order valence-electron chi connectivity index (χ4n) is 4.52. The van der Waals surface area contributed by atoms with E-state index in [0.29, 0.717) is 21.6 Å². The fourth-order valence-corrected chi connectivity index (χ4v) is 10.1. The molecule has 1 heterocycles. The molecule has 0 amide bonds. The van der Waals surface area contributed by atoms with E-state index >= 15 is 0 Å². The highest BCUT2D eigenvalue weighted by Crippen LogP contribution is 2.44. The number of rotatable bonds is 6. The van der Waals surface area contributed by atoms with Gasteiger partial charge in [0.25, 0.3) is 8.32 Å². The maximum absolute atomic E-state index is 6.83. The van der Waals surface area contributed by atoms with Crippen LogP contribution in [0.4, 0.5) is 0 Å². The van der Waals surface area contributed by atoms with Gasteiger partial charge in [-0.15, -0.1) is 0 Å². The molecule has 0 atom stereocenters. The van der Waals surface area contributed by atoms with E-state index in [2.05, 4.69) is 75.3 Å². The first kappa shape index (κ1) is 23.8. The maximum Gasteiger partial charge on any atom is 0.495 e. The fraction of sp³-hybridized carbons (Fsp3) is 0.727. The van der Waals surface area contributed by atoms with Gasteiger partial charge in [0.1, 0.15) is 5.75 Å². The highest BCUT2D eigenvalue weighted by Gasteiger charge is 2.52. The van der Waals surface area contributed by atoms with Crippen molar-refractivity contribution >= 4 is 32.5 Å². The van der Waals surface area contributed by atoms with Crippen LogP contribution in [-0.2, 0) is 9.31 Å². The van der Waals surface area contributed by atoms with Gasteiger partial charge in [0.15, 0.2) is 0 Å². The minimum Gasteiger partial charge on any atom is -0.542 e. The third-order valence-corrected chi connectivity index (χ3v) is 13.4. The molecule has 1 aliphatic rings. The summed E-state index contributed by atoms with van der Waals surface area (Å²) < 4.78 is 19.3. The van der Waals surface area contributed by atoms with Crippen LogP contribution in [-0.4, -0.2) is 26.6 Å². The molecule has 0 radical (unpaired) electrons. The second-order valence-corrected chi connectivity index (χ2v) is 15.9. The van der Waals surface area contributed by atoms with Crippen LogP contribution in [0, 0.1) is 6.92 Å². The lowest BCUT2D eigenvalue weighted by Crippen LogP contribution is -2.50. The summed E-state index contributed by atoms with van der Waals surface area (Å²) in [7, 11) is -2.48. The van der Waals surface area contributed by atoms with Crippen LogP contribution in [0.1, 0.15) is 74.8 Å². The Labute approximate surface area is 178 Å². The molecule has 1 saturated heterocycles. The van der Waals surface area contributed by atoms with E-state index in [1.54, 1.807) is 0 Å². The van der Waals surface area contributed by atoms with Crippen molar-refractivity contribution in [1.29, 1.82) is 0 Å². The first-order valence-electron chi connectivity index (χ1n) is 10.5. The quantitative estimate of drug-likeness (QED) is 0.488. The first-order chi connectivity index (χ1) is 12.7. The standard InChI is InChI=1S/C22H38BClO3Si/c1-14(2)28(15(3)4,16(5)6)25-19-13-12-18(17(7)20(19)24)23-26-21(8,9)22(10,11)27-23/h12-16H,1-11H3. The number of hydrogen-bond donors (Lipinski definition) is 0. The Balaban J connectivity index is 2.42. The Morgan fingerprint density at radius 1 is 0.893 bits per heavy atom. The molecule has 0 N–H and O–H groups in total. The number of halogens is 1. The monoisotopic (exact) mass is 424 g/mol. The summed E-state index contributed by atoms with van der Waals surface area (Å²) in [6.45, 7) is 24.0. The number of benzene rings is 1. The lowest BCUT2D eigenvalue weighted by Gasteiger charge is -2.42. The number of hydrogen-bond acceptors (Lipinski definition) is 3. The molecule has 0 aromatic heterocycles. The van der Waals surface area contributed by atoms with Crippen LogP contribution in [0.3, 0.4) is 0 Å². The van der Waals surface area contributed by atoms with Gasteiger partial charge in [0.05, 0.1) is 16.2 Å². The largest absolute Gasteiger partial charge is 0.542 e. The summed E-state index contributed by atoms with van der Waals surface area (Å²) in [5.74, 6) is 0.794. The van der Waals surface area contributed by atoms with E-state index in [9.17, 15) is 0 Å². The van der Waals surface area contributed by atoms with E-state index in [1.165, 1.54) is 0 Å². The summed E-state index contributed by atoms with van der Waals surface area (Å²) in [6, 6.07) is 4.06. The molecule has 0 spiro atoms. The molecule has 0 saturated carbocycles. The minimum absolute atomic E-state index is 0.374. The molecule has 28 heavy (non-hydrogen) atoms. The van der Waals surface area contributed by atoms with Crippen LogP contribution >= 0.6 is 11.6 Å². The predicted molar refractivity (Wildman–Crippen MR) is 124 cm³/mol. The lowest BCUT2D eigenvalue weighted by atomic mass is 9.76. The van der Waals surface area contributed by atoms with E-state index < -0.39 is 15.4 Å². The van der Waals surface area contributed by atoms with Crippen molar-refractivity contribution in [3.63, 3.8) is 0 Å². The van der Waals surface area contributed by atoms with E-state index in [1.807, 2.05) is 13.0 Å². The van der Waals surface area contributed by atoms with Gasteiger partial charge in [0, 0.05) is 0 Å². The van der Waals surface area contributed by atoms with Crippen molar-refractivity contribution in [3.8, 4) is 5.75 Å². The lowest BCUT2D eigenvalue weighted by molar-refractivity contribution is 0.00578. The highest BCUT2D eigenvalue weighted by atomic mass is 35.5. The molecule has 0 bridgehead atoms. The van der Waals surface area contributed by atoms with Crippen LogP contribution < -0.4 is 9.89 Å². The zero-order chi connectivity index (χ0) is 21.7. The average molecular weight is 425 g/mol. The van der Waals surface area contributed by atoms with Gasteiger partial charge in [-0.1, -0.05) is 59.2 Å². The molecule has 2 rings (SSSR count). The molecule has 1 aliphatic heterocycles. The normalized spacial score (nSPS) is 19.2. The second kappa shape index (κ2) is 7.98. The molecule has 0 aliphatic carbocycles. The van der Waals surface area contributed by atoms with Gasteiger partial charge in [-0.25, -0.2) is 0 Å². The minimum atomic E-state index is -2.06. The SMILES string of the molecule is Cc1c(B2OC(C)(C)C(C)(C)O2)ccc(O[Si](C(C)C)(C(C)C)C(C)C)c1Cl. The Morgan fingerprint density at radius 2 is 1.32 bits per heavy atom. The Kier molecular flexibility index (Phi) is 6.78. The molecule has 6 heteroatoms. The summed E-state index contributed by atoms with van der Waals surface area (Å²) in [5.41, 5.74) is 2.67. The van der Waals surface area contributed by atoms with Gasteiger partial charge >= 0.3 is 7.12 Å². The van der Waals surface area contributed by atoms with Crippen molar-refractivity contribution in [1.82, 2.24) is 0 Å². The van der Waals surface area contributed by atoms with Gasteiger partial charge in [-0.2, -0.15) is 0 Å². The van der Waals surface area contributed by atoms with Crippen molar-refractivity contribution in [2.45, 2.75) is 104 Å². The zero-order valence-corrected chi connectivity index (χ0v) is 21.3. The molecule has 3 nitrogen and oxygen atoms in total. The van der Waals surface area contributed by atoms with E-state index in [0.717, 1.165) is 16.8 Å². The Hall–Kier alpha value is -0.488. The summed E-state index contributed by atoms with van der Waals surface area (Å²) in [5, 5.41) is 0.672. The zero-order valence-electron chi connectivity index (χ0n) is 19.6. The summed E-state index contributed by atoms with van der Waals surface area (Å²) >= 11 is 6.83. The maximum atomic E-state index is 6.83. The molecule has 1 aromatic rings. The highest BCUT2D eigenvalue weighted by molar-refractivity contribution is 6.78. The molecular formula is C22H38BClO3Si. The van der Waals surface area contributed by atoms with Crippen LogP contribution in [0.2, 0.25) is 21.6 Å². The van der Waals surface area contributed by atoms with Crippen molar-refractivity contribution in [3.05, 3.63) is 22.7 Å². The van der Waals surface area contributed by atoms with Crippen molar-refractivity contribution < 1.29 is 13.7 Å². The predicted octanol–water partition coefficient (Wildman–Crippen LogP) is 6.50. The topological polar surface area (TPSA) is 27.7 Å². The van der Waals surface area contributed by atoms with Crippen LogP contribution in [0.15, 0.2) is 12.1 Å². The average Bonchev–Trinajstić information content (AvgIpc) is 2.75. The molecule has 1 aromatic carbocycles.